The maximum absolute atomic E-state index is 6.41. The number of nitrogens with one attached hydrogen (secondary N) is 1. The van der Waals surface area contributed by atoms with E-state index in [2.05, 4.69) is 34.2 Å². The zero-order chi connectivity index (χ0) is 22.0. The number of halogens is 1. The van der Waals surface area contributed by atoms with Crippen molar-refractivity contribution in [3.8, 4) is 11.3 Å². The number of benzene rings is 1. The van der Waals surface area contributed by atoms with Gasteiger partial charge in [0.2, 0.25) is 0 Å². The van der Waals surface area contributed by atoms with Crippen LogP contribution in [0.25, 0.3) is 11.3 Å². The third-order valence-electron chi connectivity index (χ3n) is 5.65. The van der Waals surface area contributed by atoms with Crippen molar-refractivity contribution in [1.29, 1.82) is 0 Å². The number of aromatic nitrogens is 1. The Morgan fingerprint density at radius 2 is 2.00 bits per heavy atom. The lowest BCUT2D eigenvalue weighted by atomic mass is 10.0. The van der Waals surface area contributed by atoms with E-state index in [1.165, 1.54) is 0 Å². The topological polar surface area (TPSA) is 44.5 Å². The van der Waals surface area contributed by atoms with E-state index in [0.717, 1.165) is 58.0 Å². The summed E-state index contributed by atoms with van der Waals surface area (Å²) in [5, 5.41) is 4.94. The van der Waals surface area contributed by atoms with Crippen molar-refractivity contribution < 1.29 is 4.42 Å². The molecule has 4 rings (SSSR count). The second-order valence-corrected chi connectivity index (χ2v) is 8.89. The summed E-state index contributed by atoms with van der Waals surface area (Å²) in [6.07, 6.45) is 2.82. The summed E-state index contributed by atoms with van der Waals surface area (Å²) in [7, 11) is 4.17. The van der Waals surface area contributed by atoms with Crippen LogP contribution in [0.4, 0.5) is 0 Å². The van der Waals surface area contributed by atoms with Gasteiger partial charge in [-0.25, -0.2) is 0 Å². The molecule has 1 aliphatic heterocycles. The van der Waals surface area contributed by atoms with Gasteiger partial charge < -0.3 is 19.5 Å². The zero-order valence-electron chi connectivity index (χ0n) is 18.0. The van der Waals surface area contributed by atoms with Gasteiger partial charge in [0.25, 0.3) is 0 Å². The summed E-state index contributed by atoms with van der Waals surface area (Å²) in [5.41, 5.74) is 2.96. The van der Waals surface area contributed by atoms with Gasteiger partial charge in [-0.3, -0.25) is 4.98 Å². The number of hydrogen-bond acceptors (Lipinski definition) is 4. The van der Waals surface area contributed by atoms with Crippen LogP contribution in [0.1, 0.15) is 35.5 Å². The van der Waals surface area contributed by atoms with Gasteiger partial charge in [0.05, 0.1) is 11.7 Å². The Hall–Kier alpha value is -2.41. The van der Waals surface area contributed by atoms with Crippen molar-refractivity contribution in [1.82, 2.24) is 20.1 Å². The molecule has 1 N–H and O–H groups in total. The fraction of sp³-hybridized carbons (Fsp3) is 0.333. The summed E-state index contributed by atoms with van der Waals surface area (Å²) < 4.78 is 6.41. The normalized spacial score (nSPS) is 18.6. The van der Waals surface area contributed by atoms with Crippen molar-refractivity contribution >= 4 is 28.9 Å². The van der Waals surface area contributed by atoms with Crippen LogP contribution in [0.5, 0.6) is 0 Å². The van der Waals surface area contributed by atoms with Gasteiger partial charge >= 0.3 is 0 Å². The van der Waals surface area contributed by atoms with E-state index in [1.807, 2.05) is 61.7 Å². The second kappa shape index (κ2) is 9.39. The van der Waals surface area contributed by atoms with E-state index in [4.69, 9.17) is 28.2 Å². The van der Waals surface area contributed by atoms with E-state index in [1.54, 1.807) is 0 Å². The first-order valence-corrected chi connectivity index (χ1v) is 11.2. The fourth-order valence-electron chi connectivity index (χ4n) is 4.04. The maximum Gasteiger partial charge on any atom is 0.170 e. The van der Waals surface area contributed by atoms with Crippen LogP contribution in [0, 0.1) is 6.92 Å². The van der Waals surface area contributed by atoms with Gasteiger partial charge in [-0.2, -0.15) is 0 Å². The summed E-state index contributed by atoms with van der Waals surface area (Å²) in [4.78, 5) is 9.00. The van der Waals surface area contributed by atoms with Crippen LogP contribution in [-0.4, -0.2) is 47.1 Å². The van der Waals surface area contributed by atoms with Gasteiger partial charge in [0.15, 0.2) is 5.11 Å². The summed E-state index contributed by atoms with van der Waals surface area (Å²) >= 11 is 12.1. The molecule has 0 spiro atoms. The van der Waals surface area contributed by atoms with E-state index < -0.39 is 0 Å². The molecule has 1 fully saturated rings. The van der Waals surface area contributed by atoms with Gasteiger partial charge in [-0.05, 0) is 82.1 Å². The second-order valence-electron chi connectivity index (χ2n) is 8.09. The van der Waals surface area contributed by atoms with Crippen LogP contribution in [0.2, 0.25) is 5.02 Å². The molecule has 0 amide bonds. The molecular weight excluding hydrogens is 428 g/mol. The average molecular weight is 455 g/mol. The molecule has 0 radical (unpaired) electrons. The quantitative estimate of drug-likeness (QED) is 0.493. The van der Waals surface area contributed by atoms with Crippen molar-refractivity contribution in [3.05, 3.63) is 76.8 Å². The number of rotatable bonds is 7. The Kier molecular flexibility index (Phi) is 6.60. The van der Waals surface area contributed by atoms with Crippen LogP contribution in [-0.2, 0) is 0 Å². The van der Waals surface area contributed by atoms with Gasteiger partial charge in [0.1, 0.15) is 17.6 Å². The minimum Gasteiger partial charge on any atom is -0.459 e. The van der Waals surface area contributed by atoms with Crippen molar-refractivity contribution in [3.63, 3.8) is 0 Å². The number of pyridine rings is 1. The Balaban J connectivity index is 1.69. The van der Waals surface area contributed by atoms with Crippen LogP contribution < -0.4 is 5.32 Å². The molecule has 3 aromatic rings. The van der Waals surface area contributed by atoms with Crippen LogP contribution >= 0.6 is 23.8 Å². The molecule has 1 saturated heterocycles. The van der Waals surface area contributed by atoms with Crippen molar-refractivity contribution in [2.45, 2.75) is 25.4 Å². The molecule has 2 aromatic heterocycles. The standard InChI is InChI=1S/C24H27ClN4OS/c1-16-17(8-6-9-18(16)25)20-11-12-21(30-20)23-22(19-10-4-5-13-26-19)27-24(31)29(23)15-7-14-28(2)3/h4-6,8-13,22-23H,7,14-15H2,1-3H3,(H,27,31)/t22-,23+/m0/s1. The average Bonchev–Trinajstić information content (AvgIpc) is 3.35. The molecule has 0 saturated carbocycles. The molecule has 0 unspecified atom stereocenters. The van der Waals surface area contributed by atoms with E-state index in [9.17, 15) is 0 Å². The smallest absolute Gasteiger partial charge is 0.170 e. The number of furan rings is 1. The Bertz CT molecular complexity index is 1050. The first kappa shape index (κ1) is 21.8. The molecule has 5 nitrogen and oxygen atoms in total. The van der Waals surface area contributed by atoms with Gasteiger partial charge in [-0.15, -0.1) is 0 Å². The molecule has 162 valence electrons. The Labute approximate surface area is 194 Å². The zero-order valence-corrected chi connectivity index (χ0v) is 19.6. The van der Waals surface area contributed by atoms with Gasteiger partial charge in [-0.1, -0.05) is 29.8 Å². The monoisotopic (exact) mass is 454 g/mol. The van der Waals surface area contributed by atoms with E-state index in [-0.39, 0.29) is 12.1 Å². The Morgan fingerprint density at radius 1 is 1.16 bits per heavy atom. The molecule has 2 atom stereocenters. The molecular formula is C24H27ClN4OS. The maximum atomic E-state index is 6.41. The molecule has 0 aliphatic carbocycles. The van der Waals surface area contributed by atoms with E-state index >= 15 is 0 Å². The molecule has 1 aliphatic rings. The lowest BCUT2D eigenvalue weighted by Crippen LogP contribution is -2.32. The third kappa shape index (κ3) is 4.61. The highest BCUT2D eigenvalue weighted by Gasteiger charge is 2.41. The predicted octanol–water partition coefficient (Wildman–Crippen LogP) is 5.23. The third-order valence-corrected chi connectivity index (χ3v) is 6.42. The van der Waals surface area contributed by atoms with Crippen LogP contribution in [0.15, 0.2) is 59.1 Å². The number of hydrogen-bond donors (Lipinski definition) is 1. The predicted molar refractivity (Wildman–Crippen MR) is 129 cm³/mol. The minimum absolute atomic E-state index is 0.0715. The van der Waals surface area contributed by atoms with Crippen molar-refractivity contribution in [2.75, 3.05) is 27.2 Å². The highest BCUT2D eigenvalue weighted by molar-refractivity contribution is 7.80. The SMILES string of the molecule is Cc1c(Cl)cccc1-c1ccc([C@@H]2[C@H](c3ccccn3)NC(=S)N2CCCN(C)C)o1. The van der Waals surface area contributed by atoms with Gasteiger partial charge in [0, 0.05) is 23.3 Å². The minimum atomic E-state index is -0.0764. The molecule has 7 heteroatoms. The Morgan fingerprint density at radius 3 is 2.74 bits per heavy atom. The lowest BCUT2D eigenvalue weighted by Gasteiger charge is -2.26. The summed E-state index contributed by atoms with van der Waals surface area (Å²) in [6, 6.07) is 15.7. The molecule has 0 bridgehead atoms. The van der Waals surface area contributed by atoms with Crippen LogP contribution in [0.3, 0.4) is 0 Å². The number of thiocarbonyl (C=S) groups is 1. The first-order valence-electron chi connectivity index (χ1n) is 10.4. The van der Waals surface area contributed by atoms with E-state index in [0.29, 0.717) is 0 Å². The molecule has 1 aromatic carbocycles. The molecule has 31 heavy (non-hydrogen) atoms. The lowest BCUT2D eigenvalue weighted by molar-refractivity contribution is 0.261. The molecule has 3 heterocycles. The van der Waals surface area contributed by atoms with Crippen molar-refractivity contribution in [2.24, 2.45) is 0 Å². The summed E-state index contributed by atoms with van der Waals surface area (Å²) in [5.74, 6) is 1.67. The largest absolute Gasteiger partial charge is 0.459 e. The highest BCUT2D eigenvalue weighted by atomic mass is 35.5. The fourth-order valence-corrected chi connectivity index (χ4v) is 4.55. The summed E-state index contributed by atoms with van der Waals surface area (Å²) in [6.45, 7) is 3.84. The first-order chi connectivity index (χ1) is 15.0. The highest BCUT2D eigenvalue weighted by Crippen LogP contribution is 2.41. The number of nitrogens with zero attached hydrogens (tertiary/aromatic N) is 3.